The van der Waals surface area contributed by atoms with Crippen LogP contribution in [0.5, 0.6) is 23.0 Å². The van der Waals surface area contributed by atoms with Crippen molar-refractivity contribution in [2.75, 3.05) is 33.2 Å². The summed E-state index contributed by atoms with van der Waals surface area (Å²) in [5, 5.41) is 39.2. The lowest BCUT2D eigenvalue weighted by Crippen LogP contribution is -2.70. The summed E-state index contributed by atoms with van der Waals surface area (Å²) in [6.45, 7) is 8.27. The summed E-state index contributed by atoms with van der Waals surface area (Å²) in [6, 6.07) is 25.3. The summed E-state index contributed by atoms with van der Waals surface area (Å²) < 4.78 is 37.9. The van der Waals surface area contributed by atoms with Crippen molar-refractivity contribution in [3.8, 4) is 23.0 Å². The molecule has 17 heteroatoms. The van der Waals surface area contributed by atoms with Crippen LogP contribution in [-0.2, 0) is 34.0 Å². The number of carbonyl (C=O) groups is 2. The Morgan fingerprint density at radius 1 is 0.889 bits per heavy atom. The van der Waals surface area contributed by atoms with Gasteiger partial charge in [-0.2, -0.15) is 0 Å². The molecule has 0 unspecified atom stereocenters. The largest absolute Gasteiger partial charge is 0.459 e. The lowest BCUT2D eigenvalue weighted by Gasteiger charge is -2.59. The van der Waals surface area contributed by atoms with E-state index < -0.39 is 40.8 Å². The molecule has 1 saturated carbocycles. The molecule has 0 spiro atoms. The summed E-state index contributed by atoms with van der Waals surface area (Å²) >= 11 is 0. The van der Waals surface area contributed by atoms with Gasteiger partial charge in [-0.05, 0) is 109 Å². The van der Waals surface area contributed by atoms with Crippen molar-refractivity contribution >= 4 is 23.6 Å². The number of amides is 2. The SMILES string of the molecule is C=CCCOC(=O)N(Cc1ccc2c(c1)OCO2)[C@H]1CC(=NOCc2ccc([N+](=O)[O-])cc2)C2=C[C@H](CCCCO)[C@@H](CCCCO)[C@@H]3c4cc(OC(=O)NCc5ccccc5)ccc4O[C@@]1(OCC=C)[C@H]23. The second-order valence-electron chi connectivity index (χ2n) is 18.2. The van der Waals surface area contributed by atoms with Crippen LogP contribution in [0.3, 0.4) is 0 Å². The molecule has 2 aliphatic heterocycles. The predicted molar refractivity (Wildman–Crippen MR) is 266 cm³/mol. The highest BCUT2D eigenvalue weighted by atomic mass is 16.7. The zero-order chi connectivity index (χ0) is 50.5. The van der Waals surface area contributed by atoms with Crippen molar-refractivity contribution in [1.82, 2.24) is 10.2 Å². The number of nitrogens with zero attached hydrogens (tertiary/aromatic N) is 3. The molecule has 0 radical (unpaired) electrons. The van der Waals surface area contributed by atoms with E-state index in [1.807, 2.05) is 48.5 Å². The minimum atomic E-state index is -1.64. The van der Waals surface area contributed by atoms with Gasteiger partial charge in [0.1, 0.15) is 24.1 Å². The average Bonchev–Trinajstić information content (AvgIpc) is 3.87. The zero-order valence-electron chi connectivity index (χ0n) is 40.2. The molecular weight excluding hydrogens is 925 g/mol. The van der Waals surface area contributed by atoms with E-state index in [2.05, 4.69) is 24.6 Å². The molecular formula is C55H62N4O13. The molecule has 2 amide bonds. The molecule has 72 heavy (non-hydrogen) atoms. The van der Waals surface area contributed by atoms with Crippen molar-refractivity contribution in [3.63, 3.8) is 0 Å². The van der Waals surface area contributed by atoms with Crippen LogP contribution in [0.25, 0.3) is 0 Å². The van der Waals surface area contributed by atoms with Crippen molar-refractivity contribution in [3.05, 3.63) is 160 Å². The van der Waals surface area contributed by atoms with Crippen LogP contribution >= 0.6 is 0 Å². The van der Waals surface area contributed by atoms with Crippen LogP contribution in [0.2, 0.25) is 0 Å². The molecule has 4 aromatic rings. The minimum Gasteiger partial charge on any atom is -0.459 e. The fourth-order valence-electron chi connectivity index (χ4n) is 10.4. The molecule has 0 saturated heterocycles. The number of fused-ring (bicyclic) bond motifs is 3. The molecule has 1 fully saturated rings. The monoisotopic (exact) mass is 986 g/mol. The molecule has 4 aliphatic rings. The maximum Gasteiger partial charge on any atom is 0.412 e. The first kappa shape index (κ1) is 51.2. The van der Waals surface area contributed by atoms with Crippen LogP contribution in [0, 0.1) is 27.9 Å². The van der Waals surface area contributed by atoms with Gasteiger partial charge in [0.05, 0.1) is 29.8 Å². The average molecular weight is 987 g/mol. The van der Waals surface area contributed by atoms with Crippen molar-refractivity contribution in [2.24, 2.45) is 22.9 Å². The van der Waals surface area contributed by atoms with Gasteiger partial charge in [-0.1, -0.05) is 72.6 Å². The number of oxime groups is 1. The quantitative estimate of drug-likeness (QED) is 0.0259. The van der Waals surface area contributed by atoms with Gasteiger partial charge in [-0.25, -0.2) is 9.59 Å². The Kier molecular flexibility index (Phi) is 17.2. The molecule has 17 nitrogen and oxygen atoms in total. The number of hydrogen-bond donors (Lipinski definition) is 3. The highest BCUT2D eigenvalue weighted by Crippen LogP contribution is 2.62. The number of nitro groups is 1. The molecule has 0 bridgehead atoms. The molecule has 3 N–H and O–H groups in total. The highest BCUT2D eigenvalue weighted by Gasteiger charge is 2.66. The van der Waals surface area contributed by atoms with Crippen molar-refractivity contribution < 1.29 is 58.0 Å². The number of allylic oxidation sites excluding steroid dienone is 1. The van der Waals surface area contributed by atoms with E-state index in [1.165, 1.54) is 12.1 Å². The van der Waals surface area contributed by atoms with Crippen LogP contribution in [0.4, 0.5) is 15.3 Å². The fraction of sp³-hybridized carbons (Fsp3) is 0.400. The Balaban J connectivity index is 1.29. The van der Waals surface area contributed by atoms with Gasteiger partial charge in [0.15, 0.2) is 11.5 Å². The highest BCUT2D eigenvalue weighted by molar-refractivity contribution is 6.03. The number of ether oxygens (including phenoxy) is 6. The van der Waals surface area contributed by atoms with Crippen LogP contribution in [0.1, 0.15) is 79.5 Å². The molecule has 4 aromatic carbocycles. The van der Waals surface area contributed by atoms with E-state index in [-0.39, 0.29) is 82.6 Å². The first-order valence-electron chi connectivity index (χ1n) is 24.5. The molecule has 2 aliphatic carbocycles. The Morgan fingerprint density at radius 2 is 1.64 bits per heavy atom. The van der Waals surface area contributed by atoms with Gasteiger partial charge in [-0.3, -0.25) is 15.0 Å². The number of benzene rings is 4. The maximum absolute atomic E-state index is 14.9. The first-order chi connectivity index (χ1) is 35.2. The number of carbonyl (C=O) groups excluding carboxylic acids is 2. The zero-order valence-corrected chi connectivity index (χ0v) is 40.2. The Bertz CT molecular complexity index is 2610. The Labute approximate surface area is 418 Å². The minimum absolute atomic E-state index is 0.00695. The number of nitrogens with one attached hydrogen (secondary N) is 1. The smallest absolute Gasteiger partial charge is 0.412 e. The first-order valence-corrected chi connectivity index (χ1v) is 24.5. The lowest BCUT2D eigenvalue weighted by molar-refractivity contribution is -0.384. The van der Waals surface area contributed by atoms with Crippen LogP contribution in [-0.4, -0.2) is 83.0 Å². The second kappa shape index (κ2) is 24.3. The van der Waals surface area contributed by atoms with Crippen molar-refractivity contribution in [1.29, 1.82) is 0 Å². The predicted octanol–water partition coefficient (Wildman–Crippen LogP) is 9.66. The number of unbranched alkanes of at least 4 members (excludes halogenated alkanes) is 2. The summed E-state index contributed by atoms with van der Waals surface area (Å²) in [5.74, 6) is -1.12. The van der Waals surface area contributed by atoms with Gasteiger partial charge >= 0.3 is 12.2 Å². The van der Waals surface area contributed by atoms with E-state index in [9.17, 15) is 29.9 Å². The van der Waals surface area contributed by atoms with Crippen molar-refractivity contribution in [2.45, 2.75) is 88.8 Å². The Hall–Kier alpha value is -7.21. The van der Waals surface area contributed by atoms with Crippen LogP contribution in [0.15, 0.2) is 133 Å². The molecule has 2 heterocycles. The van der Waals surface area contributed by atoms with Gasteiger partial charge in [-0.15, -0.1) is 13.2 Å². The third-order valence-electron chi connectivity index (χ3n) is 13.6. The topological polar surface area (TPSA) is 210 Å². The van der Waals surface area contributed by atoms with Gasteiger partial charge in [0, 0.05) is 56.3 Å². The fourth-order valence-corrected chi connectivity index (χ4v) is 10.4. The lowest BCUT2D eigenvalue weighted by atomic mass is 9.55. The standard InChI is InChI=1S/C55H62N4O13/c1-3-5-28-66-54(63)58(34-39-19-23-48-49(29-39)68-36-67-48)50-32-46(57-70-35-38-17-20-41(21-18-38)59(64)65)44-30-40(15-9-11-25-60)43(16-10-12-26-61)51-45-31-42(71-53(62)56-33-37-13-7-6-8-14-37)22-24-47(45)72-55(50,52(44)51)69-27-4-2/h3-4,6-8,13-14,17-24,29-31,40,43,50-52,60-61H,1-2,5,9-12,15-16,25-28,32-36H2,(H,56,62)/t40-,43+,50-,51+,52+,55+/m0/s1. The van der Waals surface area contributed by atoms with E-state index in [4.69, 9.17) is 38.4 Å². The van der Waals surface area contributed by atoms with E-state index in [1.54, 1.807) is 47.4 Å². The summed E-state index contributed by atoms with van der Waals surface area (Å²) in [6.07, 6.45) is 8.63. The second-order valence-corrected chi connectivity index (χ2v) is 18.2. The van der Waals surface area contributed by atoms with E-state index in [0.717, 1.165) is 23.1 Å². The van der Waals surface area contributed by atoms with Gasteiger partial charge in [0.2, 0.25) is 12.6 Å². The Morgan fingerprint density at radius 3 is 2.39 bits per heavy atom. The van der Waals surface area contributed by atoms with Gasteiger partial charge in [0.25, 0.3) is 5.69 Å². The number of non-ortho nitro benzene ring substituents is 1. The summed E-state index contributed by atoms with van der Waals surface area (Å²) in [7, 11) is 0. The summed E-state index contributed by atoms with van der Waals surface area (Å²) in [5.41, 5.74) is 4.25. The number of hydrogen-bond acceptors (Lipinski definition) is 14. The molecule has 380 valence electrons. The molecule has 8 rings (SSSR count). The van der Waals surface area contributed by atoms with E-state index in [0.29, 0.717) is 72.6 Å². The number of aliphatic hydroxyl groups is 2. The van der Waals surface area contributed by atoms with Crippen LogP contribution < -0.4 is 24.3 Å². The normalized spacial score (nSPS) is 21.8. The van der Waals surface area contributed by atoms with E-state index >= 15 is 0 Å². The molecule has 0 aromatic heterocycles. The number of aliphatic hydroxyl groups excluding tert-OH is 2. The number of rotatable bonds is 24. The molecule has 6 atom stereocenters. The summed E-state index contributed by atoms with van der Waals surface area (Å²) in [4.78, 5) is 47.1. The number of nitro benzene ring substituents is 1. The third-order valence-corrected chi connectivity index (χ3v) is 13.6. The van der Waals surface area contributed by atoms with Gasteiger partial charge < -0.3 is 48.8 Å². The third kappa shape index (κ3) is 11.8. The maximum atomic E-state index is 14.9.